The normalized spacial score (nSPS) is 20.8. The maximum Gasteiger partial charge on any atom is 0.317 e. The van der Waals surface area contributed by atoms with Gasteiger partial charge < -0.3 is 12.3 Å². The van der Waals surface area contributed by atoms with E-state index in [-0.39, 0.29) is 0 Å². The van der Waals surface area contributed by atoms with Crippen LogP contribution in [0.4, 0.5) is 0 Å². The Morgan fingerprint density at radius 2 is 1.08 bits per heavy atom. The Kier molecular flexibility index (Phi) is 6.04. The summed E-state index contributed by atoms with van der Waals surface area (Å²) in [6, 6.07) is 22.8. The Balaban J connectivity index is 1.82. The van der Waals surface area contributed by atoms with E-state index < -0.39 is 33.6 Å². The molecule has 0 aromatic heterocycles. The number of benzene rings is 2. The first-order valence-electron chi connectivity index (χ1n) is 9.16. The molecule has 0 N–H and O–H groups in total. The smallest absolute Gasteiger partial charge is 0.317 e. The van der Waals surface area contributed by atoms with Crippen LogP contribution in [0.5, 0.6) is 0 Å². The molecule has 3 nitrogen and oxygen atoms in total. The van der Waals surface area contributed by atoms with E-state index >= 15 is 0 Å². The lowest BCUT2D eigenvalue weighted by Crippen LogP contribution is -2.65. The van der Waals surface area contributed by atoms with Crippen LogP contribution in [-0.4, -0.2) is 31.8 Å². The topological polar surface area (TPSA) is 27.7 Å². The highest BCUT2D eigenvalue weighted by Gasteiger charge is 2.52. The van der Waals surface area contributed by atoms with Crippen molar-refractivity contribution in [3.05, 3.63) is 60.7 Å². The van der Waals surface area contributed by atoms with Crippen molar-refractivity contribution < 1.29 is 12.3 Å². The summed E-state index contributed by atoms with van der Waals surface area (Å²) < 4.78 is 19.2. The number of hydrogen-bond donors (Lipinski definition) is 0. The third-order valence-corrected chi connectivity index (χ3v) is 19.8. The lowest BCUT2D eigenvalue weighted by atomic mass is 10.4. The lowest BCUT2D eigenvalue weighted by Gasteiger charge is -2.48. The van der Waals surface area contributed by atoms with Gasteiger partial charge in [0, 0.05) is 0 Å². The van der Waals surface area contributed by atoms with Gasteiger partial charge in [0.1, 0.15) is 0 Å². The average molecular weight is 421 g/mol. The Hall–Kier alpha value is -0.599. The van der Waals surface area contributed by atoms with Gasteiger partial charge in [-0.2, -0.15) is 0 Å². The zero-order chi connectivity index (χ0) is 18.8. The molecule has 0 saturated carbocycles. The van der Waals surface area contributed by atoms with E-state index in [4.69, 9.17) is 12.3 Å². The van der Waals surface area contributed by atoms with Gasteiger partial charge in [-0.05, 0) is 63.5 Å². The molecule has 0 amide bonds. The fourth-order valence-corrected chi connectivity index (χ4v) is 23.6. The molecule has 2 aromatic rings. The molecule has 1 aliphatic rings. The Bertz CT molecular complexity index is 670. The maximum absolute atomic E-state index is 6.50. The van der Waals surface area contributed by atoms with Crippen molar-refractivity contribution in [2.45, 2.75) is 38.8 Å². The van der Waals surface area contributed by atoms with Crippen LogP contribution in [0.15, 0.2) is 60.7 Å². The van der Waals surface area contributed by atoms with Crippen LogP contribution in [0.1, 0.15) is 0 Å². The second kappa shape index (κ2) is 7.80. The SMILES string of the molecule is C[Si]1(C)O[Si](C)(C)O[Si](C)(CCP(c2ccccc2)c2ccccc2)O1. The second-order valence-corrected chi connectivity index (χ2v) is 21.0. The van der Waals surface area contributed by atoms with Crippen molar-refractivity contribution in [3.63, 3.8) is 0 Å². The highest BCUT2D eigenvalue weighted by atomic mass is 31.1. The molecule has 2 aromatic carbocycles. The minimum absolute atomic E-state index is 0.404. The second-order valence-electron chi connectivity index (χ2n) is 7.81. The Labute approximate surface area is 162 Å². The van der Waals surface area contributed by atoms with Crippen LogP contribution in [0.2, 0.25) is 38.8 Å². The fourth-order valence-electron chi connectivity index (χ4n) is 3.73. The van der Waals surface area contributed by atoms with E-state index in [1.807, 2.05) is 0 Å². The maximum atomic E-state index is 6.50. The number of rotatable bonds is 5. The minimum Gasteiger partial charge on any atom is -0.416 e. The molecule has 0 spiro atoms. The summed E-state index contributed by atoms with van der Waals surface area (Å²) in [5, 5.41) is 2.85. The largest absolute Gasteiger partial charge is 0.416 e. The van der Waals surface area contributed by atoms with Crippen LogP contribution in [-0.2, 0) is 12.3 Å². The molecule has 1 fully saturated rings. The van der Waals surface area contributed by atoms with Gasteiger partial charge in [-0.25, -0.2) is 0 Å². The first kappa shape index (κ1) is 20.1. The first-order chi connectivity index (χ1) is 12.2. The monoisotopic (exact) mass is 420 g/mol. The summed E-state index contributed by atoms with van der Waals surface area (Å²) in [5.41, 5.74) is 0. The van der Waals surface area contributed by atoms with E-state index in [9.17, 15) is 0 Å². The summed E-state index contributed by atoms with van der Waals surface area (Å²) in [6.07, 6.45) is 1.10. The van der Waals surface area contributed by atoms with Crippen molar-refractivity contribution in [2.75, 3.05) is 6.16 Å². The van der Waals surface area contributed by atoms with E-state index in [1.54, 1.807) is 0 Å². The highest BCUT2D eigenvalue weighted by Crippen LogP contribution is 2.39. The van der Waals surface area contributed by atoms with Gasteiger partial charge in [0.2, 0.25) is 0 Å². The van der Waals surface area contributed by atoms with E-state index in [2.05, 4.69) is 93.4 Å². The quantitative estimate of drug-likeness (QED) is 0.520. The van der Waals surface area contributed by atoms with Crippen LogP contribution < -0.4 is 10.6 Å². The first-order valence-corrected chi connectivity index (χ1v) is 18.8. The minimum atomic E-state index is -2.22. The molecule has 3 rings (SSSR count). The molecule has 0 bridgehead atoms. The predicted octanol–water partition coefficient (Wildman–Crippen LogP) is 4.66. The van der Waals surface area contributed by atoms with Crippen LogP contribution in [0, 0.1) is 0 Å². The molecular formula is C19H29O3PSi3. The highest BCUT2D eigenvalue weighted by molar-refractivity contribution is 7.73. The fraction of sp³-hybridized carbons (Fsp3) is 0.368. The molecule has 0 radical (unpaired) electrons. The molecule has 1 aliphatic heterocycles. The van der Waals surface area contributed by atoms with Crippen LogP contribution in [0.25, 0.3) is 0 Å². The van der Waals surface area contributed by atoms with Crippen LogP contribution >= 0.6 is 7.92 Å². The summed E-state index contributed by atoms with van der Waals surface area (Å²) in [5.74, 6) is 0. The molecule has 0 unspecified atom stereocenters. The van der Waals surface area contributed by atoms with Gasteiger partial charge in [0.05, 0.1) is 0 Å². The molecule has 1 saturated heterocycles. The zero-order valence-corrected chi connectivity index (χ0v) is 20.3. The standard InChI is InChI=1S/C19H29O3PSi3/c1-24(2)20-25(3,4)22-26(5,21-24)17-16-23(18-12-8-6-9-13-18)19-14-10-7-11-15-19/h6-15H,16-17H2,1-5H3. The van der Waals surface area contributed by atoms with Crippen LogP contribution in [0.3, 0.4) is 0 Å². The molecule has 1 heterocycles. The van der Waals surface area contributed by atoms with E-state index in [0.29, 0.717) is 0 Å². The zero-order valence-electron chi connectivity index (χ0n) is 16.4. The van der Waals surface area contributed by atoms with Gasteiger partial charge in [0.15, 0.2) is 0 Å². The average Bonchev–Trinajstić information content (AvgIpc) is 2.53. The van der Waals surface area contributed by atoms with E-state index in [0.717, 1.165) is 12.2 Å². The third kappa shape index (κ3) is 5.23. The molecule has 0 atom stereocenters. The number of hydrogen-bond acceptors (Lipinski definition) is 3. The van der Waals surface area contributed by atoms with Gasteiger partial charge in [-0.1, -0.05) is 60.7 Å². The van der Waals surface area contributed by atoms with Crippen molar-refractivity contribution in [1.82, 2.24) is 0 Å². The van der Waals surface area contributed by atoms with Gasteiger partial charge in [-0.3, -0.25) is 0 Å². The van der Waals surface area contributed by atoms with Gasteiger partial charge in [0.25, 0.3) is 0 Å². The Morgan fingerprint density at radius 1 is 0.654 bits per heavy atom. The molecule has 140 valence electrons. The molecule has 0 aliphatic carbocycles. The van der Waals surface area contributed by atoms with Crippen molar-refractivity contribution in [3.8, 4) is 0 Å². The van der Waals surface area contributed by atoms with Crippen molar-refractivity contribution in [2.24, 2.45) is 0 Å². The van der Waals surface area contributed by atoms with Crippen molar-refractivity contribution in [1.29, 1.82) is 0 Å². The summed E-state index contributed by atoms with van der Waals surface area (Å²) in [6.45, 7) is 10.9. The van der Waals surface area contributed by atoms with Gasteiger partial charge >= 0.3 is 25.7 Å². The predicted molar refractivity (Wildman–Crippen MR) is 119 cm³/mol. The lowest BCUT2D eigenvalue weighted by molar-refractivity contribution is 0.233. The molecule has 26 heavy (non-hydrogen) atoms. The van der Waals surface area contributed by atoms with Crippen molar-refractivity contribution >= 4 is 44.2 Å². The molecular weight excluding hydrogens is 391 g/mol. The third-order valence-electron chi connectivity index (χ3n) is 4.34. The molecule has 7 heteroatoms. The Morgan fingerprint density at radius 3 is 1.50 bits per heavy atom. The van der Waals surface area contributed by atoms with E-state index in [1.165, 1.54) is 10.6 Å². The summed E-state index contributed by atoms with van der Waals surface area (Å²) in [4.78, 5) is 0. The summed E-state index contributed by atoms with van der Waals surface area (Å²) >= 11 is 0. The van der Waals surface area contributed by atoms with Gasteiger partial charge in [-0.15, -0.1) is 0 Å². The summed E-state index contributed by atoms with van der Waals surface area (Å²) in [7, 11) is -6.80.